The molecule has 6 nitrogen and oxygen atoms in total. The molecule has 2 aliphatic rings. The Kier molecular flexibility index (Phi) is 6.75. The Bertz CT molecular complexity index is 753. The average molecular weight is 406 g/mol. The highest BCUT2D eigenvalue weighted by Gasteiger charge is 2.41. The molecule has 0 N–H and O–H groups in total. The maximum Gasteiger partial charge on any atom is 0.277 e. The number of imide groups is 1. The Balaban J connectivity index is 1.90. The van der Waals surface area contributed by atoms with Gasteiger partial charge in [0.15, 0.2) is 0 Å². The van der Waals surface area contributed by atoms with E-state index in [0.717, 1.165) is 38.3 Å². The van der Waals surface area contributed by atoms with Gasteiger partial charge >= 0.3 is 0 Å². The highest BCUT2D eigenvalue weighted by atomic mass is 35.5. The lowest BCUT2D eigenvalue weighted by atomic mass is 10.0. The smallest absolute Gasteiger partial charge is 0.277 e. The number of amides is 2. The number of halogens is 1. The molecule has 2 amide bonds. The van der Waals surface area contributed by atoms with E-state index < -0.39 is 0 Å². The number of hydrogen-bond donors (Lipinski definition) is 0. The maximum absolute atomic E-state index is 13.2. The molecule has 0 aromatic heterocycles. The van der Waals surface area contributed by atoms with E-state index in [4.69, 9.17) is 16.3 Å². The van der Waals surface area contributed by atoms with Crippen LogP contribution in [0.5, 0.6) is 0 Å². The molecule has 1 fully saturated rings. The number of benzene rings is 1. The summed E-state index contributed by atoms with van der Waals surface area (Å²) in [5, 5.41) is 0.599. The molecular formula is C21H28ClN3O3. The van der Waals surface area contributed by atoms with Crippen LogP contribution in [0.25, 0.3) is 5.57 Å². The van der Waals surface area contributed by atoms with Crippen molar-refractivity contribution >= 4 is 29.0 Å². The molecule has 0 radical (unpaired) electrons. The van der Waals surface area contributed by atoms with Gasteiger partial charge < -0.3 is 14.5 Å². The van der Waals surface area contributed by atoms with E-state index >= 15 is 0 Å². The average Bonchev–Trinajstić information content (AvgIpc) is 2.93. The molecule has 2 aliphatic heterocycles. The van der Waals surface area contributed by atoms with E-state index in [1.165, 1.54) is 4.90 Å². The Hall–Kier alpha value is -1.89. The van der Waals surface area contributed by atoms with E-state index in [2.05, 4.69) is 16.7 Å². The molecule has 7 heteroatoms. The molecule has 0 aliphatic carbocycles. The van der Waals surface area contributed by atoms with Gasteiger partial charge in [0.25, 0.3) is 11.8 Å². The first kappa shape index (κ1) is 20.8. The Morgan fingerprint density at radius 3 is 2.25 bits per heavy atom. The van der Waals surface area contributed by atoms with Crippen molar-refractivity contribution < 1.29 is 14.3 Å². The van der Waals surface area contributed by atoms with Crippen molar-refractivity contribution in [2.45, 2.75) is 26.9 Å². The molecule has 0 saturated carbocycles. The fourth-order valence-corrected chi connectivity index (χ4v) is 3.73. The minimum Gasteiger partial charge on any atom is -0.377 e. The summed E-state index contributed by atoms with van der Waals surface area (Å²) in [6.07, 6.45) is 0.0538. The number of carbonyl (C=O) groups is 2. The highest BCUT2D eigenvalue weighted by molar-refractivity contribution is 6.36. The molecule has 152 valence electrons. The fourth-order valence-electron chi connectivity index (χ4n) is 3.60. The van der Waals surface area contributed by atoms with Crippen LogP contribution in [0.1, 0.15) is 26.3 Å². The van der Waals surface area contributed by atoms with Crippen molar-refractivity contribution in [3.05, 3.63) is 40.5 Å². The lowest BCUT2D eigenvalue weighted by molar-refractivity contribution is -0.138. The molecular weight excluding hydrogens is 378 g/mol. The summed E-state index contributed by atoms with van der Waals surface area (Å²) in [6.45, 7) is 10.8. The third kappa shape index (κ3) is 4.40. The van der Waals surface area contributed by atoms with Gasteiger partial charge in [-0.3, -0.25) is 14.5 Å². The normalized spacial score (nSPS) is 18.8. The van der Waals surface area contributed by atoms with Crippen molar-refractivity contribution in [1.82, 2.24) is 14.7 Å². The molecule has 0 unspecified atom stereocenters. The Labute approximate surface area is 171 Å². The zero-order valence-electron chi connectivity index (χ0n) is 16.8. The molecule has 3 rings (SSSR count). The van der Waals surface area contributed by atoms with Gasteiger partial charge in [-0.1, -0.05) is 30.7 Å². The lowest BCUT2D eigenvalue weighted by Gasteiger charge is -2.36. The van der Waals surface area contributed by atoms with Gasteiger partial charge in [0, 0.05) is 31.2 Å². The second-order valence-corrected chi connectivity index (χ2v) is 7.77. The zero-order chi connectivity index (χ0) is 20.3. The van der Waals surface area contributed by atoms with Crippen LogP contribution < -0.4 is 0 Å². The van der Waals surface area contributed by atoms with Crippen LogP contribution in [0, 0.1) is 0 Å². The van der Waals surface area contributed by atoms with Gasteiger partial charge in [-0.15, -0.1) is 0 Å². The summed E-state index contributed by atoms with van der Waals surface area (Å²) in [6, 6.07) is 7.11. The van der Waals surface area contributed by atoms with Crippen LogP contribution in [0.4, 0.5) is 0 Å². The summed E-state index contributed by atoms with van der Waals surface area (Å²) < 4.78 is 5.56. The molecule has 0 atom stereocenters. The topological polar surface area (TPSA) is 53.1 Å². The fraction of sp³-hybridized carbons (Fsp3) is 0.524. The quantitative estimate of drug-likeness (QED) is 0.652. The van der Waals surface area contributed by atoms with Gasteiger partial charge in [0.2, 0.25) is 0 Å². The minimum absolute atomic E-state index is 0.0538. The van der Waals surface area contributed by atoms with Crippen LogP contribution in [-0.4, -0.2) is 78.5 Å². The molecule has 1 aromatic carbocycles. The number of ether oxygens (including phenoxy) is 1. The highest BCUT2D eigenvalue weighted by Crippen LogP contribution is 2.32. The van der Waals surface area contributed by atoms with Crippen LogP contribution >= 0.6 is 11.6 Å². The van der Waals surface area contributed by atoms with Crippen LogP contribution in [-0.2, 0) is 14.3 Å². The van der Waals surface area contributed by atoms with E-state index in [-0.39, 0.29) is 24.5 Å². The van der Waals surface area contributed by atoms with Gasteiger partial charge in [0.1, 0.15) is 5.70 Å². The maximum atomic E-state index is 13.2. The number of likely N-dealkylation sites (N-methyl/N-ethyl adjacent to an activating group) is 1. The molecule has 0 spiro atoms. The standard InChI is InChI=1S/C21H28ClN3O3/c1-4-23-9-11-24(12-10-23)19-18(16-5-7-17(22)8-6-16)20(26)25(21(19)27)13-14-28-15(2)3/h5-8,15H,4,9-14H2,1-3H3. The van der Waals surface area contributed by atoms with E-state index in [9.17, 15) is 9.59 Å². The summed E-state index contributed by atoms with van der Waals surface area (Å²) >= 11 is 6.02. The predicted octanol–water partition coefficient (Wildman–Crippen LogP) is 2.48. The molecule has 0 bridgehead atoms. The van der Waals surface area contributed by atoms with Gasteiger partial charge in [-0.25, -0.2) is 0 Å². The number of piperazine rings is 1. The van der Waals surface area contributed by atoms with Crippen LogP contribution in [0.2, 0.25) is 5.02 Å². The molecule has 28 heavy (non-hydrogen) atoms. The third-order valence-corrected chi connectivity index (χ3v) is 5.43. The van der Waals surface area contributed by atoms with Gasteiger partial charge in [-0.2, -0.15) is 0 Å². The lowest BCUT2D eigenvalue weighted by Crippen LogP contribution is -2.47. The van der Waals surface area contributed by atoms with Crippen molar-refractivity contribution in [3.63, 3.8) is 0 Å². The second-order valence-electron chi connectivity index (χ2n) is 7.33. The molecule has 1 saturated heterocycles. The minimum atomic E-state index is -0.257. The first-order valence-electron chi connectivity index (χ1n) is 9.87. The number of nitrogens with zero attached hydrogens (tertiary/aromatic N) is 3. The van der Waals surface area contributed by atoms with Crippen molar-refractivity contribution in [2.24, 2.45) is 0 Å². The first-order chi connectivity index (χ1) is 13.4. The summed E-state index contributed by atoms with van der Waals surface area (Å²) in [4.78, 5) is 32.1. The van der Waals surface area contributed by atoms with E-state index in [1.54, 1.807) is 24.3 Å². The van der Waals surface area contributed by atoms with Crippen LogP contribution in [0.15, 0.2) is 30.0 Å². The zero-order valence-corrected chi connectivity index (χ0v) is 17.5. The number of carbonyl (C=O) groups excluding carboxylic acids is 2. The van der Waals surface area contributed by atoms with Crippen LogP contribution in [0.3, 0.4) is 0 Å². The SMILES string of the molecule is CCN1CCN(C2=C(c3ccc(Cl)cc3)C(=O)N(CCOC(C)C)C2=O)CC1. The second kappa shape index (κ2) is 9.07. The summed E-state index contributed by atoms with van der Waals surface area (Å²) in [5.41, 5.74) is 1.70. The number of rotatable bonds is 7. The summed E-state index contributed by atoms with van der Waals surface area (Å²) in [5.74, 6) is -0.486. The predicted molar refractivity (Wildman–Crippen MR) is 110 cm³/mol. The van der Waals surface area contributed by atoms with Crippen molar-refractivity contribution in [2.75, 3.05) is 45.9 Å². The van der Waals surface area contributed by atoms with Gasteiger partial charge in [-0.05, 0) is 38.1 Å². The molecule has 1 aromatic rings. The van der Waals surface area contributed by atoms with E-state index in [0.29, 0.717) is 22.9 Å². The largest absolute Gasteiger partial charge is 0.377 e. The van der Waals surface area contributed by atoms with Gasteiger partial charge in [0.05, 0.1) is 24.8 Å². The monoisotopic (exact) mass is 405 g/mol. The first-order valence-corrected chi connectivity index (χ1v) is 10.3. The Morgan fingerprint density at radius 1 is 1.04 bits per heavy atom. The third-order valence-electron chi connectivity index (χ3n) is 5.18. The van der Waals surface area contributed by atoms with Crippen molar-refractivity contribution in [3.8, 4) is 0 Å². The summed E-state index contributed by atoms with van der Waals surface area (Å²) in [7, 11) is 0. The molecule has 2 heterocycles. The van der Waals surface area contributed by atoms with Crippen molar-refractivity contribution in [1.29, 1.82) is 0 Å². The van der Waals surface area contributed by atoms with E-state index in [1.807, 2.05) is 13.8 Å². The Morgan fingerprint density at radius 2 is 1.68 bits per heavy atom. The number of hydrogen-bond acceptors (Lipinski definition) is 5.